The smallest absolute Gasteiger partial charge is 0.155 e. The molecule has 0 aliphatic carbocycles. The van der Waals surface area contributed by atoms with Crippen LogP contribution in [0.2, 0.25) is 0 Å². The first-order chi connectivity index (χ1) is 7.65. The fraction of sp³-hybridized carbons (Fsp3) is 1.00. The van der Waals surface area contributed by atoms with Gasteiger partial charge in [0.05, 0.1) is 23.2 Å². The second-order valence-corrected chi connectivity index (χ2v) is 8.83. The van der Waals surface area contributed by atoms with Crippen molar-refractivity contribution in [3.05, 3.63) is 0 Å². The molecular formula is C12H24O4S. The maximum atomic E-state index is 12.1. The lowest BCUT2D eigenvalue weighted by Crippen LogP contribution is -2.38. The Bertz CT molecular complexity index is 355. The van der Waals surface area contributed by atoms with Gasteiger partial charge in [0, 0.05) is 12.0 Å². The Balaban J connectivity index is 2.73. The average molecular weight is 264 g/mol. The Morgan fingerprint density at radius 3 is 2.35 bits per heavy atom. The first kappa shape index (κ1) is 14.9. The number of aliphatic hydroxyl groups excluding tert-OH is 1. The van der Waals surface area contributed by atoms with Crippen LogP contribution in [0, 0.1) is 5.41 Å². The highest BCUT2D eigenvalue weighted by Gasteiger charge is 2.42. The molecule has 1 saturated heterocycles. The van der Waals surface area contributed by atoms with Crippen molar-refractivity contribution in [3.8, 4) is 0 Å². The molecule has 0 amide bonds. The van der Waals surface area contributed by atoms with E-state index in [1.807, 2.05) is 6.92 Å². The van der Waals surface area contributed by atoms with Crippen molar-refractivity contribution in [1.82, 2.24) is 0 Å². The van der Waals surface area contributed by atoms with Crippen molar-refractivity contribution in [3.63, 3.8) is 0 Å². The number of ether oxygens (including phenoxy) is 1. The van der Waals surface area contributed by atoms with Crippen molar-refractivity contribution >= 4 is 9.84 Å². The van der Waals surface area contributed by atoms with E-state index in [1.165, 1.54) is 0 Å². The van der Waals surface area contributed by atoms with E-state index in [0.29, 0.717) is 13.0 Å². The van der Waals surface area contributed by atoms with Crippen molar-refractivity contribution < 1.29 is 18.3 Å². The largest absolute Gasteiger partial charge is 0.396 e. The van der Waals surface area contributed by atoms with Crippen LogP contribution in [0.3, 0.4) is 0 Å². The highest BCUT2D eigenvalue weighted by molar-refractivity contribution is 7.92. The molecule has 0 aromatic carbocycles. The van der Waals surface area contributed by atoms with Crippen LogP contribution in [0.15, 0.2) is 0 Å². The zero-order valence-electron chi connectivity index (χ0n) is 11.2. The van der Waals surface area contributed by atoms with E-state index in [4.69, 9.17) is 4.74 Å². The van der Waals surface area contributed by atoms with Crippen LogP contribution in [0.25, 0.3) is 0 Å². The van der Waals surface area contributed by atoms with Crippen LogP contribution >= 0.6 is 0 Å². The molecule has 4 nitrogen and oxygen atoms in total. The van der Waals surface area contributed by atoms with Gasteiger partial charge in [-0.3, -0.25) is 0 Å². The van der Waals surface area contributed by atoms with Crippen LogP contribution in [-0.4, -0.2) is 43.3 Å². The van der Waals surface area contributed by atoms with Gasteiger partial charge in [0.15, 0.2) is 9.84 Å². The minimum absolute atomic E-state index is 0.00612. The van der Waals surface area contributed by atoms with Gasteiger partial charge in [0.2, 0.25) is 0 Å². The average Bonchev–Trinajstić information content (AvgIpc) is 2.56. The van der Waals surface area contributed by atoms with Gasteiger partial charge in [-0.25, -0.2) is 8.42 Å². The molecule has 1 aliphatic rings. The summed E-state index contributed by atoms with van der Waals surface area (Å²) in [5.74, 6) is 0.116. The third-order valence-electron chi connectivity index (χ3n) is 3.95. The Morgan fingerprint density at radius 1 is 1.41 bits per heavy atom. The van der Waals surface area contributed by atoms with E-state index in [2.05, 4.69) is 0 Å². The summed E-state index contributed by atoms with van der Waals surface area (Å²) in [6.45, 7) is 7.64. The fourth-order valence-corrected chi connectivity index (χ4v) is 3.37. The lowest BCUT2D eigenvalue weighted by atomic mass is 9.80. The summed E-state index contributed by atoms with van der Waals surface area (Å²) in [4.78, 5) is 0. The molecule has 0 saturated carbocycles. The molecule has 1 fully saturated rings. The number of aliphatic hydroxyl groups is 1. The molecule has 5 heteroatoms. The first-order valence-corrected chi connectivity index (χ1v) is 7.75. The first-order valence-electron chi connectivity index (χ1n) is 6.09. The quantitative estimate of drug-likeness (QED) is 0.833. The van der Waals surface area contributed by atoms with E-state index in [1.54, 1.807) is 20.8 Å². The van der Waals surface area contributed by atoms with Crippen LogP contribution < -0.4 is 0 Å². The molecular weight excluding hydrogens is 240 g/mol. The number of hydrogen-bond acceptors (Lipinski definition) is 4. The summed E-state index contributed by atoms with van der Waals surface area (Å²) < 4.78 is 28.8. The number of hydrogen-bond donors (Lipinski definition) is 1. The van der Waals surface area contributed by atoms with E-state index in [0.717, 1.165) is 6.42 Å². The second-order valence-electron chi connectivity index (χ2n) is 5.96. The summed E-state index contributed by atoms with van der Waals surface area (Å²) in [7, 11) is -3.12. The van der Waals surface area contributed by atoms with Crippen LogP contribution in [0.4, 0.5) is 0 Å². The Labute approximate surface area is 104 Å². The zero-order chi connectivity index (χ0) is 13.3. The normalized spacial score (nSPS) is 30.8. The molecule has 2 unspecified atom stereocenters. The second kappa shape index (κ2) is 4.86. The minimum Gasteiger partial charge on any atom is -0.396 e. The highest BCUT2D eigenvalue weighted by Crippen LogP contribution is 2.38. The molecule has 17 heavy (non-hydrogen) atoms. The monoisotopic (exact) mass is 264 g/mol. The number of sulfone groups is 1. The van der Waals surface area contributed by atoms with Gasteiger partial charge in [-0.05, 0) is 40.5 Å². The lowest BCUT2D eigenvalue weighted by molar-refractivity contribution is 0.0252. The van der Waals surface area contributed by atoms with Crippen LogP contribution in [0.1, 0.15) is 40.5 Å². The van der Waals surface area contributed by atoms with Gasteiger partial charge in [0.25, 0.3) is 0 Å². The van der Waals surface area contributed by atoms with Gasteiger partial charge in [0.1, 0.15) is 0 Å². The van der Waals surface area contributed by atoms with E-state index < -0.39 is 14.6 Å². The molecule has 1 aliphatic heterocycles. The Kier molecular flexibility index (Phi) is 4.27. The molecule has 0 radical (unpaired) electrons. The predicted octanol–water partition coefficient (Wildman–Crippen LogP) is 1.38. The summed E-state index contributed by atoms with van der Waals surface area (Å²) in [5, 5.41) is 9.51. The molecule has 102 valence electrons. The molecule has 0 bridgehead atoms. The van der Waals surface area contributed by atoms with Gasteiger partial charge in [-0.1, -0.05) is 0 Å². The van der Waals surface area contributed by atoms with Crippen molar-refractivity contribution in [2.45, 2.75) is 51.4 Å². The van der Waals surface area contributed by atoms with Crippen molar-refractivity contribution in [2.75, 3.05) is 19.0 Å². The lowest BCUT2D eigenvalue weighted by Gasteiger charge is -2.31. The van der Waals surface area contributed by atoms with E-state index in [9.17, 15) is 13.5 Å². The summed E-state index contributed by atoms with van der Waals surface area (Å²) in [5.41, 5.74) is -0.377. The van der Waals surface area contributed by atoms with Crippen molar-refractivity contribution in [2.24, 2.45) is 5.41 Å². The third-order valence-corrected chi connectivity index (χ3v) is 6.55. The molecule has 0 aromatic heterocycles. The van der Waals surface area contributed by atoms with Crippen LogP contribution in [-0.2, 0) is 14.6 Å². The predicted molar refractivity (Wildman–Crippen MR) is 67.7 cm³/mol. The molecule has 0 aromatic rings. The maximum absolute atomic E-state index is 12.1. The summed E-state index contributed by atoms with van der Waals surface area (Å²) >= 11 is 0. The maximum Gasteiger partial charge on any atom is 0.155 e. The van der Waals surface area contributed by atoms with E-state index >= 15 is 0 Å². The fourth-order valence-electron chi connectivity index (χ4n) is 2.08. The Morgan fingerprint density at radius 2 is 2.00 bits per heavy atom. The molecule has 2 atom stereocenters. The molecule has 1 rings (SSSR count). The summed E-state index contributed by atoms with van der Waals surface area (Å²) in [6.07, 6.45) is 1.15. The molecule has 0 spiro atoms. The topological polar surface area (TPSA) is 63.6 Å². The SMILES string of the molecule is CC1OCCC1(CO)CCS(=O)(=O)C(C)(C)C. The Hall–Kier alpha value is -0.130. The van der Waals surface area contributed by atoms with Gasteiger partial charge < -0.3 is 9.84 Å². The van der Waals surface area contributed by atoms with E-state index in [-0.39, 0.29) is 23.9 Å². The van der Waals surface area contributed by atoms with Gasteiger partial charge >= 0.3 is 0 Å². The van der Waals surface area contributed by atoms with Gasteiger partial charge in [-0.2, -0.15) is 0 Å². The number of rotatable bonds is 4. The molecule has 1 heterocycles. The summed E-state index contributed by atoms with van der Waals surface area (Å²) in [6, 6.07) is 0. The molecule has 1 N–H and O–H groups in total. The van der Waals surface area contributed by atoms with Crippen molar-refractivity contribution in [1.29, 1.82) is 0 Å². The highest BCUT2D eigenvalue weighted by atomic mass is 32.2. The standard InChI is InChI=1S/C12H24O4S/c1-10-12(9-13,5-7-16-10)6-8-17(14,15)11(2,3)4/h10,13H,5-9H2,1-4H3. The third kappa shape index (κ3) is 3.01. The minimum atomic E-state index is -3.12. The van der Waals surface area contributed by atoms with Gasteiger partial charge in [-0.15, -0.1) is 0 Å². The van der Waals surface area contributed by atoms with Crippen LogP contribution in [0.5, 0.6) is 0 Å². The zero-order valence-corrected chi connectivity index (χ0v) is 12.0.